The fourth-order valence-corrected chi connectivity index (χ4v) is 2.77. The summed E-state index contributed by atoms with van der Waals surface area (Å²) in [6.45, 7) is 6.76. The van der Waals surface area contributed by atoms with Crippen LogP contribution < -0.4 is 0 Å². The van der Waals surface area contributed by atoms with Crippen molar-refractivity contribution in [1.82, 2.24) is 0 Å². The quantitative estimate of drug-likeness (QED) is 0.276. The number of allylic oxidation sites excluding steroid dienone is 1. The minimum atomic E-state index is -0.838. The van der Waals surface area contributed by atoms with E-state index in [0.717, 1.165) is 18.8 Å². The second kappa shape index (κ2) is 15.7. The lowest BCUT2D eigenvalue weighted by molar-refractivity contribution is -0.146. The fourth-order valence-electron chi connectivity index (χ4n) is 2.44. The summed E-state index contributed by atoms with van der Waals surface area (Å²) in [6.07, 6.45) is 15.4. The molecule has 0 amide bonds. The van der Waals surface area contributed by atoms with Crippen molar-refractivity contribution in [3.63, 3.8) is 0 Å². The van der Waals surface area contributed by atoms with Crippen LogP contribution in [-0.2, 0) is 14.3 Å². The van der Waals surface area contributed by atoms with Crippen LogP contribution in [0.1, 0.15) is 72.1 Å². The summed E-state index contributed by atoms with van der Waals surface area (Å²) in [7, 11) is 0. The van der Waals surface area contributed by atoms with Crippen molar-refractivity contribution >= 4 is 17.7 Å². The van der Waals surface area contributed by atoms with E-state index in [2.05, 4.69) is 18.4 Å². The summed E-state index contributed by atoms with van der Waals surface area (Å²) in [5, 5.41) is 8.83. The van der Waals surface area contributed by atoms with Gasteiger partial charge in [-0.2, -0.15) is 11.8 Å². The Morgan fingerprint density at radius 1 is 1.12 bits per heavy atom. The van der Waals surface area contributed by atoms with Gasteiger partial charge < -0.3 is 14.6 Å². The van der Waals surface area contributed by atoms with Crippen LogP contribution in [0.2, 0.25) is 0 Å². The van der Waals surface area contributed by atoms with Crippen LogP contribution in [0, 0.1) is 0 Å². The van der Waals surface area contributed by atoms with Crippen LogP contribution in [0.3, 0.4) is 0 Å². The topological polar surface area (TPSA) is 55.8 Å². The lowest BCUT2D eigenvalue weighted by Crippen LogP contribution is -2.31. The molecule has 0 aliphatic heterocycles. The van der Waals surface area contributed by atoms with Crippen molar-refractivity contribution in [2.24, 2.45) is 0 Å². The highest BCUT2D eigenvalue weighted by Gasteiger charge is 2.23. The number of carbonyl (C=O) groups is 1. The van der Waals surface area contributed by atoms with Gasteiger partial charge >= 0.3 is 5.97 Å². The lowest BCUT2D eigenvalue weighted by atomic mass is 10.1. The third-order valence-corrected chi connectivity index (χ3v) is 4.41. The molecule has 148 valence electrons. The van der Waals surface area contributed by atoms with Crippen molar-refractivity contribution in [3.05, 3.63) is 12.2 Å². The van der Waals surface area contributed by atoms with Crippen LogP contribution in [-0.4, -0.2) is 48.0 Å². The molecule has 0 bridgehead atoms. The minimum Gasteiger partial charge on any atom is -0.481 e. The second-order valence-electron chi connectivity index (χ2n) is 7.16. The molecule has 0 rings (SSSR count). The zero-order valence-corrected chi connectivity index (χ0v) is 17.4. The van der Waals surface area contributed by atoms with Gasteiger partial charge in [-0.15, -0.1) is 0 Å². The lowest BCUT2D eigenvalue weighted by Gasteiger charge is -2.25. The maximum absolute atomic E-state index is 10.7. The van der Waals surface area contributed by atoms with Crippen LogP contribution in [0.15, 0.2) is 12.2 Å². The smallest absolute Gasteiger partial charge is 0.306 e. The molecule has 0 radical (unpaired) electrons. The highest BCUT2D eigenvalue weighted by molar-refractivity contribution is 7.98. The summed E-state index contributed by atoms with van der Waals surface area (Å²) in [5.41, 5.74) is -0.645. The molecule has 25 heavy (non-hydrogen) atoms. The van der Waals surface area contributed by atoms with Crippen LogP contribution in [0.5, 0.6) is 0 Å². The average molecular weight is 375 g/mol. The van der Waals surface area contributed by atoms with Gasteiger partial charge in [-0.05, 0) is 46.3 Å². The third kappa shape index (κ3) is 18.1. The van der Waals surface area contributed by atoms with E-state index >= 15 is 0 Å². The summed E-state index contributed by atoms with van der Waals surface area (Å²) in [4.78, 5) is 10.7. The monoisotopic (exact) mass is 374 g/mol. The Morgan fingerprint density at radius 3 is 2.40 bits per heavy atom. The Balaban J connectivity index is 3.43. The van der Waals surface area contributed by atoms with Gasteiger partial charge in [0.25, 0.3) is 0 Å². The molecule has 0 saturated heterocycles. The Morgan fingerprint density at radius 2 is 1.76 bits per heavy atom. The molecule has 0 heterocycles. The number of aliphatic carboxylic acids is 1. The zero-order chi connectivity index (χ0) is 19.0. The molecule has 1 atom stereocenters. The Labute approximate surface area is 158 Å². The van der Waals surface area contributed by atoms with E-state index in [-0.39, 0.29) is 12.5 Å². The Bertz CT molecular complexity index is 356. The molecular formula is C20H38O4S. The fraction of sp³-hybridized carbons (Fsp3) is 0.850. The first-order valence-electron chi connectivity index (χ1n) is 9.48. The van der Waals surface area contributed by atoms with E-state index in [4.69, 9.17) is 14.6 Å². The second-order valence-corrected chi connectivity index (χ2v) is 8.07. The maximum Gasteiger partial charge on any atom is 0.306 e. The van der Waals surface area contributed by atoms with Crippen molar-refractivity contribution in [3.8, 4) is 0 Å². The number of carboxylic acid groups (broad SMARTS) is 1. The zero-order valence-electron chi connectivity index (χ0n) is 16.6. The molecule has 0 spiro atoms. The summed E-state index contributed by atoms with van der Waals surface area (Å²) < 4.78 is 11.4. The van der Waals surface area contributed by atoms with Gasteiger partial charge in [0.1, 0.15) is 0 Å². The van der Waals surface area contributed by atoms with E-state index in [1.807, 2.05) is 18.7 Å². The van der Waals surface area contributed by atoms with E-state index in [1.54, 1.807) is 13.8 Å². The standard InChI is InChI=1S/C20H38O4S/c1-18(17-24-20(2,3)16-19(21)22)23-14-12-10-8-6-5-7-9-11-13-15-25-4/h11,13,18H,5-10,12,14-17H2,1-4H3,(H,21,22)/b13-11-. The van der Waals surface area contributed by atoms with E-state index in [0.29, 0.717) is 6.61 Å². The Hall–Kier alpha value is -0.520. The largest absolute Gasteiger partial charge is 0.481 e. The van der Waals surface area contributed by atoms with E-state index in [9.17, 15) is 4.79 Å². The summed E-state index contributed by atoms with van der Waals surface area (Å²) in [5.74, 6) is 0.287. The molecule has 0 saturated carbocycles. The van der Waals surface area contributed by atoms with Crippen LogP contribution in [0.4, 0.5) is 0 Å². The van der Waals surface area contributed by atoms with Gasteiger partial charge in [0.05, 0.1) is 24.7 Å². The predicted octanol–water partition coefficient (Wildman–Crippen LogP) is 5.31. The number of ether oxygens (including phenoxy) is 2. The normalized spacial score (nSPS) is 13.4. The number of carboxylic acids is 1. The average Bonchev–Trinajstić information content (AvgIpc) is 2.53. The molecule has 0 aromatic heterocycles. The summed E-state index contributed by atoms with van der Waals surface area (Å²) in [6, 6.07) is 0. The molecule has 0 aliphatic carbocycles. The number of thioether (sulfide) groups is 1. The molecular weight excluding hydrogens is 336 g/mol. The molecule has 0 aliphatic rings. The highest BCUT2D eigenvalue weighted by atomic mass is 32.2. The maximum atomic E-state index is 10.7. The number of hydrogen-bond donors (Lipinski definition) is 1. The molecule has 0 fully saturated rings. The molecule has 5 heteroatoms. The first-order valence-corrected chi connectivity index (χ1v) is 10.9. The van der Waals surface area contributed by atoms with Gasteiger partial charge in [-0.25, -0.2) is 0 Å². The highest BCUT2D eigenvalue weighted by Crippen LogP contribution is 2.15. The number of unbranched alkanes of at least 4 members (excludes halogenated alkanes) is 6. The van der Waals surface area contributed by atoms with E-state index in [1.165, 1.54) is 38.5 Å². The van der Waals surface area contributed by atoms with Gasteiger partial charge in [0, 0.05) is 12.4 Å². The molecule has 1 unspecified atom stereocenters. The van der Waals surface area contributed by atoms with Crippen molar-refractivity contribution in [1.29, 1.82) is 0 Å². The SMILES string of the molecule is CSC/C=C\CCCCCCCCOC(C)COC(C)(C)CC(=O)O. The first kappa shape index (κ1) is 24.5. The molecule has 1 N–H and O–H groups in total. The first-order chi connectivity index (χ1) is 11.9. The van der Waals surface area contributed by atoms with Crippen LogP contribution >= 0.6 is 11.8 Å². The predicted molar refractivity (Wildman–Crippen MR) is 108 cm³/mol. The van der Waals surface area contributed by atoms with Gasteiger partial charge in [-0.3, -0.25) is 4.79 Å². The number of hydrogen-bond acceptors (Lipinski definition) is 4. The molecule has 0 aromatic carbocycles. The molecule has 0 aromatic rings. The van der Waals surface area contributed by atoms with Gasteiger partial charge in [0.15, 0.2) is 0 Å². The van der Waals surface area contributed by atoms with Gasteiger partial charge in [-0.1, -0.05) is 37.8 Å². The van der Waals surface area contributed by atoms with Crippen LogP contribution in [0.25, 0.3) is 0 Å². The van der Waals surface area contributed by atoms with Gasteiger partial charge in [0.2, 0.25) is 0 Å². The van der Waals surface area contributed by atoms with E-state index < -0.39 is 11.6 Å². The molecule has 4 nitrogen and oxygen atoms in total. The minimum absolute atomic E-state index is 0.00106. The Kier molecular flexibility index (Phi) is 15.4. The van der Waals surface area contributed by atoms with Crippen molar-refractivity contribution < 1.29 is 19.4 Å². The van der Waals surface area contributed by atoms with Crippen molar-refractivity contribution in [2.75, 3.05) is 25.2 Å². The van der Waals surface area contributed by atoms with Crippen molar-refractivity contribution in [2.45, 2.75) is 83.8 Å². The summed E-state index contributed by atoms with van der Waals surface area (Å²) >= 11 is 1.86. The third-order valence-electron chi connectivity index (χ3n) is 3.88. The number of rotatable bonds is 17.